The summed E-state index contributed by atoms with van der Waals surface area (Å²) < 4.78 is 16.4. The van der Waals surface area contributed by atoms with Crippen LogP contribution in [-0.4, -0.2) is 43.4 Å². The molecule has 28 heavy (non-hydrogen) atoms. The van der Waals surface area contributed by atoms with Crippen LogP contribution >= 0.6 is 0 Å². The van der Waals surface area contributed by atoms with Gasteiger partial charge in [0.25, 0.3) is 5.91 Å². The quantitative estimate of drug-likeness (QED) is 0.726. The van der Waals surface area contributed by atoms with Gasteiger partial charge in [-0.15, -0.1) is 0 Å². The Hall–Kier alpha value is -3.06. The third-order valence-corrected chi connectivity index (χ3v) is 4.53. The van der Waals surface area contributed by atoms with E-state index < -0.39 is 5.97 Å². The Kier molecular flexibility index (Phi) is 6.49. The molecule has 0 bridgehead atoms. The van der Waals surface area contributed by atoms with Crippen LogP contribution in [0.3, 0.4) is 0 Å². The van der Waals surface area contributed by atoms with Crippen LogP contribution in [0.15, 0.2) is 42.5 Å². The van der Waals surface area contributed by atoms with Gasteiger partial charge in [-0.1, -0.05) is 18.2 Å². The second-order valence-electron chi connectivity index (χ2n) is 6.46. The van der Waals surface area contributed by atoms with Gasteiger partial charge in [-0.2, -0.15) is 0 Å². The Bertz CT molecular complexity index is 845. The number of carbonyl (C=O) groups excluding carboxylic acids is 1. The zero-order valence-electron chi connectivity index (χ0n) is 15.6. The molecule has 1 heterocycles. The zero-order valence-corrected chi connectivity index (χ0v) is 15.6. The molecule has 1 aliphatic rings. The van der Waals surface area contributed by atoms with Gasteiger partial charge < -0.3 is 24.6 Å². The molecule has 0 radical (unpaired) electrons. The summed E-state index contributed by atoms with van der Waals surface area (Å²) in [6.45, 7) is 1.34. The molecule has 1 fully saturated rings. The lowest BCUT2D eigenvalue weighted by Crippen LogP contribution is -2.24. The van der Waals surface area contributed by atoms with Gasteiger partial charge in [-0.25, -0.2) is 4.79 Å². The van der Waals surface area contributed by atoms with Crippen LogP contribution in [-0.2, 0) is 11.3 Å². The summed E-state index contributed by atoms with van der Waals surface area (Å²) in [5, 5.41) is 12.1. The van der Waals surface area contributed by atoms with Crippen LogP contribution < -0.4 is 14.8 Å². The van der Waals surface area contributed by atoms with Crippen LogP contribution in [0.4, 0.5) is 0 Å². The van der Waals surface area contributed by atoms with Gasteiger partial charge in [0.2, 0.25) is 0 Å². The minimum atomic E-state index is -1.09. The van der Waals surface area contributed by atoms with Crippen molar-refractivity contribution in [2.75, 3.05) is 20.3 Å². The van der Waals surface area contributed by atoms with Gasteiger partial charge in [-0.3, -0.25) is 4.79 Å². The van der Waals surface area contributed by atoms with Crippen molar-refractivity contribution in [2.24, 2.45) is 0 Å². The van der Waals surface area contributed by atoms with Crippen LogP contribution in [0.1, 0.15) is 39.1 Å². The number of carboxylic acid groups (broad SMARTS) is 1. The number of nitrogens with one attached hydrogen (secondary N) is 1. The predicted octanol–water partition coefficient (Wildman–Crippen LogP) is 2.88. The van der Waals surface area contributed by atoms with E-state index in [0.29, 0.717) is 23.5 Å². The first-order valence-electron chi connectivity index (χ1n) is 9.10. The maximum atomic E-state index is 12.6. The number of para-hydroxylation sites is 1. The summed E-state index contributed by atoms with van der Waals surface area (Å²) in [6.07, 6.45) is 2.04. The summed E-state index contributed by atoms with van der Waals surface area (Å²) >= 11 is 0. The summed E-state index contributed by atoms with van der Waals surface area (Å²) in [5.41, 5.74) is 1.13. The van der Waals surface area contributed by atoms with E-state index in [2.05, 4.69) is 5.32 Å². The highest BCUT2D eigenvalue weighted by Crippen LogP contribution is 2.22. The minimum Gasteiger partial charge on any atom is -0.496 e. The topological polar surface area (TPSA) is 94.1 Å². The van der Waals surface area contributed by atoms with Crippen LogP contribution in [0.2, 0.25) is 0 Å². The molecule has 1 aliphatic heterocycles. The van der Waals surface area contributed by atoms with Crippen molar-refractivity contribution in [1.29, 1.82) is 0 Å². The summed E-state index contributed by atoms with van der Waals surface area (Å²) in [6, 6.07) is 11.8. The molecule has 2 aromatic carbocycles. The number of ether oxygens (including phenoxy) is 3. The maximum Gasteiger partial charge on any atom is 0.339 e. The molecule has 2 aromatic rings. The maximum absolute atomic E-state index is 12.6. The first kappa shape index (κ1) is 19.7. The lowest BCUT2D eigenvalue weighted by atomic mass is 10.1. The van der Waals surface area contributed by atoms with Gasteiger partial charge in [0, 0.05) is 13.2 Å². The monoisotopic (exact) mass is 385 g/mol. The molecule has 3 rings (SSSR count). The van der Waals surface area contributed by atoms with E-state index in [1.807, 2.05) is 6.07 Å². The second-order valence-corrected chi connectivity index (χ2v) is 6.46. The molecule has 7 nitrogen and oxygen atoms in total. The van der Waals surface area contributed by atoms with Crippen molar-refractivity contribution in [3.63, 3.8) is 0 Å². The first-order valence-corrected chi connectivity index (χ1v) is 9.10. The lowest BCUT2D eigenvalue weighted by Gasteiger charge is -2.15. The Balaban J connectivity index is 1.65. The summed E-state index contributed by atoms with van der Waals surface area (Å²) in [5.74, 6) is -0.611. The van der Waals surface area contributed by atoms with Gasteiger partial charge in [0.1, 0.15) is 23.7 Å². The fourth-order valence-corrected chi connectivity index (χ4v) is 3.05. The SMILES string of the molecule is COc1ccc(CNC(=O)c2ccccc2OC[C@H]2CCCO2)cc1C(=O)O. The molecular weight excluding hydrogens is 362 g/mol. The highest BCUT2D eigenvalue weighted by molar-refractivity contribution is 5.97. The Morgan fingerprint density at radius 1 is 1.18 bits per heavy atom. The minimum absolute atomic E-state index is 0.0505. The molecule has 0 spiro atoms. The average molecular weight is 385 g/mol. The standard InChI is InChI=1S/C21H23NO6/c1-26-18-9-8-14(11-17(18)21(24)25)12-22-20(23)16-6-2-3-7-19(16)28-13-15-5-4-10-27-15/h2-3,6-9,11,15H,4-5,10,12-13H2,1H3,(H,22,23)(H,24,25)/t15-/m1/s1. The Morgan fingerprint density at radius 3 is 2.71 bits per heavy atom. The number of benzene rings is 2. The van der Waals surface area contributed by atoms with E-state index in [-0.39, 0.29) is 29.9 Å². The van der Waals surface area contributed by atoms with Gasteiger partial charge in [-0.05, 0) is 42.7 Å². The number of rotatable bonds is 8. The van der Waals surface area contributed by atoms with Gasteiger partial charge in [0.15, 0.2) is 0 Å². The molecule has 1 saturated heterocycles. The highest BCUT2D eigenvalue weighted by atomic mass is 16.5. The van der Waals surface area contributed by atoms with Crippen molar-refractivity contribution < 1.29 is 28.9 Å². The lowest BCUT2D eigenvalue weighted by molar-refractivity contribution is 0.0670. The van der Waals surface area contributed by atoms with Gasteiger partial charge in [0.05, 0.1) is 18.8 Å². The fourth-order valence-electron chi connectivity index (χ4n) is 3.05. The van der Waals surface area contributed by atoms with Crippen LogP contribution in [0.5, 0.6) is 11.5 Å². The highest BCUT2D eigenvalue weighted by Gasteiger charge is 2.18. The Morgan fingerprint density at radius 2 is 2.00 bits per heavy atom. The van der Waals surface area contributed by atoms with Crippen molar-refractivity contribution in [2.45, 2.75) is 25.5 Å². The van der Waals surface area contributed by atoms with Crippen LogP contribution in [0.25, 0.3) is 0 Å². The van der Waals surface area contributed by atoms with Crippen LogP contribution in [0, 0.1) is 0 Å². The van der Waals surface area contributed by atoms with E-state index >= 15 is 0 Å². The number of hydrogen-bond acceptors (Lipinski definition) is 5. The molecule has 0 saturated carbocycles. The molecule has 2 N–H and O–H groups in total. The van der Waals surface area contributed by atoms with E-state index in [1.54, 1.807) is 30.3 Å². The number of methoxy groups -OCH3 is 1. The van der Waals surface area contributed by atoms with Crippen molar-refractivity contribution in [3.05, 3.63) is 59.2 Å². The Labute approximate surface area is 163 Å². The third kappa shape index (κ3) is 4.80. The molecule has 148 valence electrons. The number of aromatic carboxylic acids is 1. The fraction of sp³-hybridized carbons (Fsp3) is 0.333. The third-order valence-electron chi connectivity index (χ3n) is 4.53. The molecule has 1 atom stereocenters. The number of amides is 1. The van der Waals surface area contributed by atoms with E-state index in [4.69, 9.17) is 14.2 Å². The molecule has 0 aliphatic carbocycles. The summed E-state index contributed by atoms with van der Waals surface area (Å²) in [4.78, 5) is 23.9. The molecule has 1 amide bonds. The van der Waals surface area contributed by atoms with Gasteiger partial charge >= 0.3 is 5.97 Å². The molecule has 0 unspecified atom stereocenters. The first-order chi connectivity index (χ1) is 13.6. The van der Waals surface area contributed by atoms with Crippen molar-refractivity contribution >= 4 is 11.9 Å². The average Bonchev–Trinajstić information content (AvgIpc) is 3.24. The molecule has 0 aromatic heterocycles. The predicted molar refractivity (Wildman–Crippen MR) is 102 cm³/mol. The van der Waals surface area contributed by atoms with Crippen molar-refractivity contribution in [1.82, 2.24) is 5.32 Å². The second kappa shape index (κ2) is 9.23. The van der Waals surface area contributed by atoms with E-state index in [0.717, 1.165) is 19.4 Å². The number of carbonyl (C=O) groups is 2. The van der Waals surface area contributed by atoms with E-state index in [1.165, 1.54) is 13.2 Å². The summed E-state index contributed by atoms with van der Waals surface area (Å²) in [7, 11) is 1.41. The normalized spacial score (nSPS) is 15.8. The number of carboxylic acids is 1. The number of hydrogen-bond donors (Lipinski definition) is 2. The smallest absolute Gasteiger partial charge is 0.339 e. The van der Waals surface area contributed by atoms with E-state index in [9.17, 15) is 14.7 Å². The molecule has 7 heteroatoms. The zero-order chi connectivity index (χ0) is 19.9. The molecular formula is C21H23NO6. The largest absolute Gasteiger partial charge is 0.496 e. The van der Waals surface area contributed by atoms with Crippen molar-refractivity contribution in [3.8, 4) is 11.5 Å².